The molecule has 15 heavy (non-hydrogen) atoms. The third-order valence-corrected chi connectivity index (χ3v) is 3.63. The summed E-state index contributed by atoms with van der Waals surface area (Å²) in [7, 11) is 0. The standard InChI is InChI=1S/C14H29N/c1-12(2)9-10-15-13(3)11-14-7-5-4-6-8-14/h12-15H,4-11H2,1-3H3. The summed E-state index contributed by atoms with van der Waals surface area (Å²) in [6.45, 7) is 8.15. The number of nitrogens with one attached hydrogen (secondary N) is 1. The summed E-state index contributed by atoms with van der Waals surface area (Å²) >= 11 is 0. The van der Waals surface area contributed by atoms with Crippen LogP contribution in [0.2, 0.25) is 0 Å². The van der Waals surface area contributed by atoms with Crippen molar-refractivity contribution < 1.29 is 0 Å². The summed E-state index contributed by atoms with van der Waals surface area (Å²) in [5, 5.41) is 3.66. The fourth-order valence-electron chi connectivity index (χ4n) is 2.62. The van der Waals surface area contributed by atoms with Crippen molar-refractivity contribution >= 4 is 0 Å². The predicted molar refractivity (Wildman–Crippen MR) is 68.1 cm³/mol. The first-order valence-corrected chi connectivity index (χ1v) is 6.92. The van der Waals surface area contributed by atoms with Gasteiger partial charge in [-0.3, -0.25) is 0 Å². The molecule has 0 radical (unpaired) electrons. The Bertz CT molecular complexity index is 147. The van der Waals surface area contributed by atoms with E-state index in [-0.39, 0.29) is 0 Å². The first kappa shape index (κ1) is 13.0. The van der Waals surface area contributed by atoms with Crippen LogP contribution < -0.4 is 5.32 Å². The van der Waals surface area contributed by atoms with E-state index < -0.39 is 0 Å². The Hall–Kier alpha value is -0.0400. The third kappa shape index (κ3) is 6.19. The second-order valence-electron chi connectivity index (χ2n) is 5.78. The fraction of sp³-hybridized carbons (Fsp3) is 1.00. The lowest BCUT2D eigenvalue weighted by molar-refractivity contribution is 0.303. The van der Waals surface area contributed by atoms with Gasteiger partial charge in [0, 0.05) is 6.04 Å². The van der Waals surface area contributed by atoms with Crippen molar-refractivity contribution in [3.8, 4) is 0 Å². The first-order valence-electron chi connectivity index (χ1n) is 6.92. The Morgan fingerprint density at radius 3 is 2.33 bits per heavy atom. The van der Waals surface area contributed by atoms with Crippen LogP contribution in [0.5, 0.6) is 0 Å². The van der Waals surface area contributed by atoms with E-state index in [9.17, 15) is 0 Å². The van der Waals surface area contributed by atoms with Gasteiger partial charge in [0.1, 0.15) is 0 Å². The molecule has 1 saturated carbocycles. The van der Waals surface area contributed by atoms with Gasteiger partial charge in [-0.25, -0.2) is 0 Å². The second-order valence-corrected chi connectivity index (χ2v) is 5.78. The van der Waals surface area contributed by atoms with Crippen LogP contribution in [0.3, 0.4) is 0 Å². The van der Waals surface area contributed by atoms with Crippen LogP contribution in [0.4, 0.5) is 0 Å². The Morgan fingerprint density at radius 1 is 1.07 bits per heavy atom. The normalized spacial score (nSPS) is 20.8. The van der Waals surface area contributed by atoms with Crippen LogP contribution in [0.15, 0.2) is 0 Å². The maximum absolute atomic E-state index is 3.66. The van der Waals surface area contributed by atoms with Gasteiger partial charge in [-0.1, -0.05) is 46.0 Å². The third-order valence-electron chi connectivity index (χ3n) is 3.63. The molecule has 1 aliphatic rings. The molecule has 90 valence electrons. The van der Waals surface area contributed by atoms with Crippen molar-refractivity contribution in [1.29, 1.82) is 0 Å². The van der Waals surface area contributed by atoms with Gasteiger partial charge >= 0.3 is 0 Å². The minimum Gasteiger partial charge on any atom is -0.314 e. The molecule has 1 nitrogen and oxygen atoms in total. The van der Waals surface area contributed by atoms with Gasteiger partial charge in [-0.05, 0) is 38.1 Å². The molecule has 1 N–H and O–H groups in total. The van der Waals surface area contributed by atoms with E-state index >= 15 is 0 Å². The zero-order valence-corrected chi connectivity index (χ0v) is 10.9. The van der Waals surface area contributed by atoms with Crippen molar-refractivity contribution in [2.24, 2.45) is 11.8 Å². The van der Waals surface area contributed by atoms with Crippen LogP contribution in [-0.4, -0.2) is 12.6 Å². The highest BCUT2D eigenvalue weighted by molar-refractivity contribution is 4.71. The fourth-order valence-corrected chi connectivity index (χ4v) is 2.62. The van der Waals surface area contributed by atoms with E-state index in [0.717, 1.165) is 17.9 Å². The predicted octanol–water partition coefficient (Wildman–Crippen LogP) is 3.98. The molecule has 0 aromatic heterocycles. The lowest BCUT2D eigenvalue weighted by Crippen LogP contribution is -2.30. The van der Waals surface area contributed by atoms with Crippen molar-refractivity contribution in [3.63, 3.8) is 0 Å². The van der Waals surface area contributed by atoms with Crippen LogP contribution in [0.1, 0.15) is 65.7 Å². The van der Waals surface area contributed by atoms with Gasteiger partial charge in [-0.15, -0.1) is 0 Å². The summed E-state index contributed by atoms with van der Waals surface area (Å²) in [6, 6.07) is 0.729. The Balaban J connectivity index is 2.03. The van der Waals surface area contributed by atoms with E-state index in [1.165, 1.54) is 51.5 Å². The molecule has 1 heteroatoms. The SMILES string of the molecule is CC(C)CCNC(C)CC1CCCCC1. The van der Waals surface area contributed by atoms with E-state index in [0.29, 0.717) is 0 Å². The van der Waals surface area contributed by atoms with Crippen molar-refractivity contribution in [2.45, 2.75) is 71.8 Å². The maximum Gasteiger partial charge on any atom is 0.00413 e. The van der Waals surface area contributed by atoms with Gasteiger partial charge in [0.25, 0.3) is 0 Å². The lowest BCUT2D eigenvalue weighted by atomic mass is 9.85. The topological polar surface area (TPSA) is 12.0 Å². The zero-order valence-electron chi connectivity index (χ0n) is 10.9. The van der Waals surface area contributed by atoms with Crippen LogP contribution >= 0.6 is 0 Å². The highest BCUT2D eigenvalue weighted by Gasteiger charge is 2.15. The van der Waals surface area contributed by atoms with Crippen molar-refractivity contribution in [1.82, 2.24) is 5.32 Å². The molecule has 1 unspecified atom stereocenters. The number of hydrogen-bond acceptors (Lipinski definition) is 1. The van der Waals surface area contributed by atoms with Gasteiger partial charge in [0.05, 0.1) is 0 Å². The number of rotatable bonds is 6. The molecule has 0 aromatic rings. The first-order chi connectivity index (χ1) is 7.18. The van der Waals surface area contributed by atoms with Gasteiger partial charge < -0.3 is 5.32 Å². The van der Waals surface area contributed by atoms with E-state index in [2.05, 4.69) is 26.1 Å². The van der Waals surface area contributed by atoms with Crippen LogP contribution in [-0.2, 0) is 0 Å². The molecule has 0 saturated heterocycles. The molecule has 0 amide bonds. The molecular weight excluding hydrogens is 182 g/mol. The molecule has 1 fully saturated rings. The summed E-state index contributed by atoms with van der Waals surface area (Å²) in [5.41, 5.74) is 0. The summed E-state index contributed by atoms with van der Waals surface area (Å²) in [5.74, 6) is 1.85. The Labute approximate surface area is 96.0 Å². The van der Waals surface area contributed by atoms with E-state index in [4.69, 9.17) is 0 Å². The smallest absolute Gasteiger partial charge is 0.00413 e. The molecule has 0 bridgehead atoms. The minimum absolute atomic E-state index is 0.729. The molecule has 0 spiro atoms. The number of hydrogen-bond donors (Lipinski definition) is 1. The van der Waals surface area contributed by atoms with E-state index in [1.807, 2.05) is 0 Å². The summed E-state index contributed by atoms with van der Waals surface area (Å²) in [6.07, 6.45) is 10.1. The Morgan fingerprint density at radius 2 is 1.73 bits per heavy atom. The van der Waals surface area contributed by atoms with Gasteiger partial charge in [0.2, 0.25) is 0 Å². The maximum atomic E-state index is 3.66. The quantitative estimate of drug-likeness (QED) is 0.700. The molecule has 1 atom stereocenters. The highest BCUT2D eigenvalue weighted by Crippen LogP contribution is 2.27. The molecule has 0 heterocycles. The Kier molecular flexibility index (Phi) is 6.31. The average molecular weight is 211 g/mol. The van der Waals surface area contributed by atoms with E-state index in [1.54, 1.807) is 0 Å². The largest absolute Gasteiger partial charge is 0.314 e. The molecular formula is C14H29N. The summed E-state index contributed by atoms with van der Waals surface area (Å²) in [4.78, 5) is 0. The van der Waals surface area contributed by atoms with Gasteiger partial charge in [0.15, 0.2) is 0 Å². The molecule has 1 rings (SSSR count). The minimum atomic E-state index is 0.729. The highest BCUT2D eigenvalue weighted by atomic mass is 14.9. The monoisotopic (exact) mass is 211 g/mol. The van der Waals surface area contributed by atoms with Crippen LogP contribution in [0.25, 0.3) is 0 Å². The second kappa shape index (κ2) is 7.27. The lowest BCUT2D eigenvalue weighted by Gasteiger charge is -2.25. The van der Waals surface area contributed by atoms with Gasteiger partial charge in [-0.2, -0.15) is 0 Å². The van der Waals surface area contributed by atoms with Crippen LogP contribution in [0, 0.1) is 11.8 Å². The average Bonchev–Trinajstić information content (AvgIpc) is 2.18. The van der Waals surface area contributed by atoms with Crippen molar-refractivity contribution in [3.05, 3.63) is 0 Å². The summed E-state index contributed by atoms with van der Waals surface area (Å²) < 4.78 is 0. The molecule has 1 aliphatic carbocycles. The van der Waals surface area contributed by atoms with Crippen molar-refractivity contribution in [2.75, 3.05) is 6.54 Å². The molecule has 0 aromatic carbocycles. The zero-order chi connectivity index (χ0) is 11.1. The molecule has 0 aliphatic heterocycles.